The van der Waals surface area contributed by atoms with Crippen molar-refractivity contribution in [2.45, 2.75) is 33.2 Å². The second-order valence-corrected chi connectivity index (χ2v) is 4.36. The van der Waals surface area contributed by atoms with Crippen molar-refractivity contribution in [3.05, 3.63) is 47.1 Å². The molecule has 2 rings (SSSR count). The lowest BCUT2D eigenvalue weighted by molar-refractivity contribution is 0.0937. The summed E-state index contributed by atoms with van der Waals surface area (Å²) in [6, 6.07) is 5.46. The molecule has 0 radical (unpaired) electrons. The SMILES string of the molecule is CCc1noc(C)c1C(=O)N[C@H](C)c1ccccn1. The molecular formula is C14H17N3O2. The van der Waals surface area contributed by atoms with E-state index in [1.807, 2.05) is 32.0 Å². The van der Waals surface area contributed by atoms with Gasteiger partial charge in [0.05, 0.1) is 17.4 Å². The molecule has 0 saturated carbocycles. The highest BCUT2D eigenvalue weighted by Gasteiger charge is 2.21. The summed E-state index contributed by atoms with van der Waals surface area (Å²) in [6.45, 7) is 5.58. The van der Waals surface area contributed by atoms with Crippen LogP contribution in [-0.4, -0.2) is 16.0 Å². The summed E-state index contributed by atoms with van der Waals surface area (Å²) in [5, 5.41) is 6.80. The molecule has 0 fully saturated rings. The second-order valence-electron chi connectivity index (χ2n) is 4.36. The molecule has 2 aromatic rings. The molecule has 0 aliphatic heterocycles. The molecule has 19 heavy (non-hydrogen) atoms. The molecule has 5 heteroatoms. The topological polar surface area (TPSA) is 68.0 Å². The lowest BCUT2D eigenvalue weighted by Gasteiger charge is -2.13. The Labute approximate surface area is 112 Å². The summed E-state index contributed by atoms with van der Waals surface area (Å²) < 4.78 is 5.07. The molecular weight excluding hydrogens is 242 g/mol. The van der Waals surface area contributed by atoms with E-state index in [1.54, 1.807) is 13.1 Å². The van der Waals surface area contributed by atoms with Crippen LogP contribution in [0.3, 0.4) is 0 Å². The summed E-state index contributed by atoms with van der Waals surface area (Å²) in [7, 11) is 0. The third-order valence-electron chi connectivity index (χ3n) is 2.97. The number of amides is 1. The number of aryl methyl sites for hydroxylation is 2. The molecule has 0 spiro atoms. The van der Waals surface area contributed by atoms with Crippen LogP contribution in [0, 0.1) is 6.92 Å². The Hall–Kier alpha value is -2.17. The molecule has 5 nitrogen and oxygen atoms in total. The highest BCUT2D eigenvalue weighted by molar-refractivity contribution is 5.96. The lowest BCUT2D eigenvalue weighted by Crippen LogP contribution is -2.28. The minimum atomic E-state index is -0.172. The summed E-state index contributed by atoms with van der Waals surface area (Å²) in [4.78, 5) is 16.5. The predicted octanol–water partition coefficient (Wildman–Crippen LogP) is 2.43. The number of carbonyl (C=O) groups is 1. The van der Waals surface area contributed by atoms with Crippen molar-refractivity contribution in [3.8, 4) is 0 Å². The highest BCUT2D eigenvalue weighted by atomic mass is 16.5. The molecule has 1 N–H and O–H groups in total. The maximum Gasteiger partial charge on any atom is 0.257 e. The van der Waals surface area contributed by atoms with Gasteiger partial charge in [-0.1, -0.05) is 18.1 Å². The second kappa shape index (κ2) is 5.65. The monoisotopic (exact) mass is 259 g/mol. The van der Waals surface area contributed by atoms with Gasteiger partial charge >= 0.3 is 0 Å². The molecule has 0 aliphatic rings. The fourth-order valence-electron chi connectivity index (χ4n) is 1.93. The Bertz CT molecular complexity index is 563. The zero-order chi connectivity index (χ0) is 13.8. The van der Waals surface area contributed by atoms with E-state index in [2.05, 4.69) is 15.5 Å². The Morgan fingerprint density at radius 1 is 1.47 bits per heavy atom. The van der Waals surface area contributed by atoms with E-state index < -0.39 is 0 Å². The number of carbonyl (C=O) groups excluding carboxylic acids is 1. The zero-order valence-corrected chi connectivity index (χ0v) is 11.3. The first kappa shape index (κ1) is 13.3. The predicted molar refractivity (Wildman–Crippen MR) is 70.7 cm³/mol. The Morgan fingerprint density at radius 2 is 2.26 bits per heavy atom. The number of aromatic nitrogens is 2. The number of pyridine rings is 1. The fraction of sp³-hybridized carbons (Fsp3) is 0.357. The van der Waals surface area contributed by atoms with Crippen molar-refractivity contribution in [1.82, 2.24) is 15.5 Å². The van der Waals surface area contributed by atoms with Crippen LogP contribution in [0.4, 0.5) is 0 Å². The van der Waals surface area contributed by atoms with Crippen LogP contribution < -0.4 is 5.32 Å². The maximum absolute atomic E-state index is 12.3. The third kappa shape index (κ3) is 2.81. The summed E-state index contributed by atoms with van der Waals surface area (Å²) >= 11 is 0. The molecule has 0 aliphatic carbocycles. The van der Waals surface area contributed by atoms with Crippen molar-refractivity contribution in [2.75, 3.05) is 0 Å². The zero-order valence-electron chi connectivity index (χ0n) is 11.3. The molecule has 0 saturated heterocycles. The van der Waals surface area contributed by atoms with E-state index in [0.29, 0.717) is 23.4 Å². The normalized spacial score (nSPS) is 12.2. The molecule has 0 unspecified atom stereocenters. The average Bonchev–Trinajstić information content (AvgIpc) is 2.80. The number of hydrogen-bond acceptors (Lipinski definition) is 4. The van der Waals surface area contributed by atoms with Crippen LogP contribution in [0.15, 0.2) is 28.9 Å². The number of rotatable bonds is 4. The first-order valence-corrected chi connectivity index (χ1v) is 6.30. The van der Waals surface area contributed by atoms with Gasteiger partial charge in [0.1, 0.15) is 11.3 Å². The van der Waals surface area contributed by atoms with Gasteiger partial charge in [-0.15, -0.1) is 0 Å². The average molecular weight is 259 g/mol. The highest BCUT2D eigenvalue weighted by Crippen LogP contribution is 2.16. The van der Waals surface area contributed by atoms with Crippen molar-refractivity contribution < 1.29 is 9.32 Å². The Morgan fingerprint density at radius 3 is 2.89 bits per heavy atom. The standard InChI is InChI=1S/C14H17N3O2/c1-4-11-13(10(3)19-17-11)14(18)16-9(2)12-7-5-6-8-15-12/h5-9H,4H2,1-3H3,(H,16,18)/t9-/m1/s1. The van der Waals surface area contributed by atoms with Crippen LogP contribution in [0.25, 0.3) is 0 Å². The van der Waals surface area contributed by atoms with E-state index in [0.717, 1.165) is 5.69 Å². The number of nitrogens with one attached hydrogen (secondary N) is 1. The van der Waals surface area contributed by atoms with Crippen LogP contribution in [-0.2, 0) is 6.42 Å². The minimum Gasteiger partial charge on any atom is -0.361 e. The first-order chi connectivity index (χ1) is 9.13. The molecule has 2 heterocycles. The maximum atomic E-state index is 12.3. The van der Waals surface area contributed by atoms with E-state index in [1.165, 1.54) is 0 Å². The van der Waals surface area contributed by atoms with Gasteiger partial charge in [0.15, 0.2) is 0 Å². The van der Waals surface area contributed by atoms with Gasteiger partial charge in [0, 0.05) is 6.20 Å². The fourth-order valence-corrected chi connectivity index (χ4v) is 1.93. The van der Waals surface area contributed by atoms with Gasteiger partial charge in [-0.2, -0.15) is 0 Å². The van der Waals surface area contributed by atoms with Crippen molar-refractivity contribution in [2.24, 2.45) is 0 Å². The van der Waals surface area contributed by atoms with Gasteiger partial charge in [-0.25, -0.2) is 0 Å². The molecule has 1 atom stereocenters. The third-order valence-corrected chi connectivity index (χ3v) is 2.97. The smallest absolute Gasteiger partial charge is 0.257 e. The van der Waals surface area contributed by atoms with Gasteiger partial charge in [0.25, 0.3) is 5.91 Å². The van der Waals surface area contributed by atoms with E-state index >= 15 is 0 Å². The molecule has 0 aromatic carbocycles. The molecule has 0 bridgehead atoms. The van der Waals surface area contributed by atoms with E-state index in [-0.39, 0.29) is 11.9 Å². The van der Waals surface area contributed by atoms with Crippen LogP contribution in [0.5, 0.6) is 0 Å². The van der Waals surface area contributed by atoms with E-state index in [4.69, 9.17) is 4.52 Å². The summed E-state index contributed by atoms with van der Waals surface area (Å²) in [5.74, 6) is 0.372. The van der Waals surface area contributed by atoms with E-state index in [9.17, 15) is 4.79 Å². The largest absolute Gasteiger partial charge is 0.361 e. The van der Waals surface area contributed by atoms with Gasteiger partial charge in [-0.3, -0.25) is 9.78 Å². The molecule has 1 amide bonds. The van der Waals surface area contributed by atoms with Gasteiger partial charge < -0.3 is 9.84 Å². The number of nitrogens with zero attached hydrogens (tertiary/aromatic N) is 2. The molecule has 100 valence electrons. The van der Waals surface area contributed by atoms with Crippen LogP contribution >= 0.6 is 0 Å². The van der Waals surface area contributed by atoms with Crippen LogP contribution in [0.1, 0.15) is 47.4 Å². The minimum absolute atomic E-state index is 0.160. The van der Waals surface area contributed by atoms with Crippen molar-refractivity contribution in [3.63, 3.8) is 0 Å². The van der Waals surface area contributed by atoms with Crippen molar-refractivity contribution in [1.29, 1.82) is 0 Å². The first-order valence-electron chi connectivity index (χ1n) is 6.30. The summed E-state index contributed by atoms with van der Waals surface area (Å²) in [6.07, 6.45) is 2.37. The van der Waals surface area contributed by atoms with Crippen LogP contribution in [0.2, 0.25) is 0 Å². The Kier molecular flexibility index (Phi) is 3.94. The summed E-state index contributed by atoms with van der Waals surface area (Å²) in [5.41, 5.74) is 2.04. The van der Waals surface area contributed by atoms with Gasteiger partial charge in [0.2, 0.25) is 0 Å². The number of hydrogen-bond donors (Lipinski definition) is 1. The lowest BCUT2D eigenvalue weighted by atomic mass is 10.1. The van der Waals surface area contributed by atoms with Crippen molar-refractivity contribution >= 4 is 5.91 Å². The van der Waals surface area contributed by atoms with Gasteiger partial charge in [-0.05, 0) is 32.4 Å². The Balaban J connectivity index is 2.15. The quantitative estimate of drug-likeness (QED) is 0.915. The molecule has 2 aromatic heterocycles.